The van der Waals surface area contributed by atoms with Gasteiger partial charge in [0.15, 0.2) is 0 Å². The summed E-state index contributed by atoms with van der Waals surface area (Å²) in [4.78, 5) is 11.9. The fraction of sp³-hybridized carbons (Fsp3) is 0.235. The highest BCUT2D eigenvalue weighted by atomic mass is 32.1. The number of hydrogen-bond acceptors (Lipinski definition) is 7. The minimum absolute atomic E-state index is 0.0459. The average Bonchev–Trinajstić information content (AvgIpc) is 3.08. The molecule has 0 aliphatic rings. The van der Waals surface area contributed by atoms with Crippen molar-refractivity contribution in [1.82, 2.24) is 8.75 Å². The second-order valence-corrected chi connectivity index (χ2v) is 5.94. The molecule has 136 valence electrons. The molecule has 26 heavy (non-hydrogen) atoms. The third-order valence-corrected chi connectivity index (χ3v) is 4.42. The van der Waals surface area contributed by atoms with Gasteiger partial charge in [0.25, 0.3) is 0 Å². The van der Waals surface area contributed by atoms with Gasteiger partial charge >= 0.3 is 12.6 Å². The Labute approximate surface area is 151 Å². The molecule has 1 unspecified atom stereocenters. The molecule has 1 N–H and O–H groups in total. The number of ether oxygens (including phenoxy) is 2. The minimum Gasteiger partial charge on any atom is -0.508 e. The first-order valence-corrected chi connectivity index (χ1v) is 8.28. The van der Waals surface area contributed by atoms with Gasteiger partial charge in [0.05, 0.1) is 25.3 Å². The summed E-state index contributed by atoms with van der Waals surface area (Å²) in [5, 5.41) is 10.4. The number of rotatable bonds is 6. The van der Waals surface area contributed by atoms with Crippen molar-refractivity contribution in [3.8, 4) is 11.5 Å². The Hall–Kier alpha value is -2.81. The molecule has 0 spiro atoms. The van der Waals surface area contributed by atoms with E-state index in [1.807, 2.05) is 0 Å². The number of carbonyl (C=O) groups excluding carboxylic acids is 1. The fourth-order valence-electron chi connectivity index (χ4n) is 2.75. The maximum atomic E-state index is 12.5. The number of alkyl halides is 2. The number of phenolic OH excluding ortho intramolecular Hbond substituents is 1. The molecular weight excluding hydrogens is 366 g/mol. The van der Waals surface area contributed by atoms with Gasteiger partial charge in [0.1, 0.15) is 22.5 Å². The highest BCUT2D eigenvalue weighted by Gasteiger charge is 2.26. The van der Waals surface area contributed by atoms with E-state index < -0.39 is 18.5 Å². The highest BCUT2D eigenvalue weighted by molar-refractivity contribution is 7.00. The van der Waals surface area contributed by atoms with Crippen LogP contribution in [0.5, 0.6) is 11.5 Å². The SMILES string of the molecule is COC(=O)CC(c1cccc(OC(F)F)c1)c1c(O)ccc2nsnc12. The fourth-order valence-corrected chi connectivity index (χ4v) is 3.30. The Morgan fingerprint density at radius 1 is 1.27 bits per heavy atom. The number of benzene rings is 2. The zero-order valence-electron chi connectivity index (χ0n) is 13.6. The summed E-state index contributed by atoms with van der Waals surface area (Å²) in [7, 11) is 1.25. The minimum atomic E-state index is -2.97. The number of carbonyl (C=O) groups is 1. The van der Waals surface area contributed by atoms with Crippen molar-refractivity contribution in [2.45, 2.75) is 19.0 Å². The van der Waals surface area contributed by atoms with Crippen LogP contribution in [0.3, 0.4) is 0 Å². The van der Waals surface area contributed by atoms with Crippen LogP contribution >= 0.6 is 11.7 Å². The van der Waals surface area contributed by atoms with Crippen LogP contribution in [0.1, 0.15) is 23.5 Å². The van der Waals surface area contributed by atoms with Gasteiger partial charge in [0.2, 0.25) is 0 Å². The number of aromatic hydroxyl groups is 1. The molecule has 0 radical (unpaired) electrons. The van der Waals surface area contributed by atoms with Crippen LogP contribution in [0.4, 0.5) is 8.78 Å². The Bertz CT molecular complexity index is 932. The molecule has 0 fully saturated rings. The van der Waals surface area contributed by atoms with E-state index in [0.29, 0.717) is 22.2 Å². The van der Waals surface area contributed by atoms with E-state index in [-0.39, 0.29) is 17.9 Å². The van der Waals surface area contributed by atoms with Crippen LogP contribution < -0.4 is 4.74 Å². The maximum absolute atomic E-state index is 12.5. The summed E-state index contributed by atoms with van der Waals surface area (Å²) < 4.78 is 42.5. The van der Waals surface area contributed by atoms with Gasteiger partial charge in [-0.2, -0.15) is 17.5 Å². The molecular formula is C17H14F2N2O4S. The van der Waals surface area contributed by atoms with Crippen LogP contribution in [0.2, 0.25) is 0 Å². The van der Waals surface area contributed by atoms with Crippen LogP contribution in [-0.2, 0) is 9.53 Å². The Balaban J connectivity index is 2.12. The summed E-state index contributed by atoms with van der Waals surface area (Å²) in [6.07, 6.45) is -0.112. The largest absolute Gasteiger partial charge is 0.508 e. The lowest BCUT2D eigenvalue weighted by atomic mass is 9.87. The van der Waals surface area contributed by atoms with Gasteiger partial charge in [-0.1, -0.05) is 12.1 Å². The molecule has 2 aromatic carbocycles. The Morgan fingerprint density at radius 3 is 2.81 bits per heavy atom. The number of esters is 1. The van der Waals surface area contributed by atoms with Gasteiger partial charge in [-0.05, 0) is 29.8 Å². The zero-order valence-corrected chi connectivity index (χ0v) is 14.4. The van der Waals surface area contributed by atoms with E-state index in [4.69, 9.17) is 4.74 Å². The quantitative estimate of drug-likeness (QED) is 0.657. The second kappa shape index (κ2) is 7.61. The summed E-state index contributed by atoms with van der Waals surface area (Å²) in [6, 6.07) is 9.05. The number of aromatic nitrogens is 2. The smallest absolute Gasteiger partial charge is 0.387 e. The van der Waals surface area contributed by atoms with Gasteiger partial charge in [-0.25, -0.2) is 0 Å². The van der Waals surface area contributed by atoms with Crippen molar-refractivity contribution in [3.05, 3.63) is 47.5 Å². The van der Waals surface area contributed by atoms with E-state index in [1.165, 1.54) is 31.4 Å². The number of fused-ring (bicyclic) bond motifs is 1. The third-order valence-electron chi connectivity index (χ3n) is 3.88. The van der Waals surface area contributed by atoms with Gasteiger partial charge in [-0.15, -0.1) is 0 Å². The standard InChI is InChI=1S/C17H14F2N2O4S/c1-24-14(23)8-11(9-3-2-4-10(7-9)25-17(18)19)15-13(22)6-5-12-16(15)21-26-20-12/h2-7,11,17,22H,8H2,1H3. The predicted molar refractivity (Wildman–Crippen MR) is 90.6 cm³/mol. The first-order valence-electron chi connectivity index (χ1n) is 7.55. The Morgan fingerprint density at radius 2 is 2.08 bits per heavy atom. The molecule has 1 atom stereocenters. The van der Waals surface area contributed by atoms with Crippen molar-refractivity contribution in [1.29, 1.82) is 0 Å². The molecule has 1 heterocycles. The normalized spacial score (nSPS) is 12.3. The molecule has 0 saturated heterocycles. The number of halogens is 2. The zero-order chi connectivity index (χ0) is 18.7. The van der Waals surface area contributed by atoms with Crippen LogP contribution in [0.15, 0.2) is 36.4 Å². The number of nitrogens with zero attached hydrogens (tertiary/aromatic N) is 2. The number of methoxy groups -OCH3 is 1. The average molecular weight is 380 g/mol. The molecule has 3 aromatic rings. The highest BCUT2D eigenvalue weighted by Crippen LogP contribution is 2.39. The molecule has 0 aliphatic carbocycles. The van der Waals surface area contributed by atoms with E-state index in [0.717, 1.165) is 11.7 Å². The van der Waals surface area contributed by atoms with E-state index in [9.17, 15) is 18.7 Å². The van der Waals surface area contributed by atoms with Crippen molar-refractivity contribution in [2.24, 2.45) is 0 Å². The van der Waals surface area contributed by atoms with E-state index in [2.05, 4.69) is 13.5 Å². The third kappa shape index (κ3) is 3.72. The molecule has 9 heteroatoms. The van der Waals surface area contributed by atoms with E-state index in [1.54, 1.807) is 12.1 Å². The molecule has 0 aliphatic heterocycles. The van der Waals surface area contributed by atoms with E-state index >= 15 is 0 Å². The number of hydrogen-bond donors (Lipinski definition) is 1. The lowest BCUT2D eigenvalue weighted by Crippen LogP contribution is -2.11. The van der Waals surface area contributed by atoms with Gasteiger partial charge < -0.3 is 14.6 Å². The van der Waals surface area contributed by atoms with Crippen molar-refractivity contribution in [2.75, 3.05) is 7.11 Å². The summed E-state index contributed by atoms with van der Waals surface area (Å²) in [5.41, 5.74) is 1.90. The predicted octanol–water partition coefficient (Wildman–Crippen LogP) is 3.69. The lowest BCUT2D eigenvalue weighted by molar-refractivity contribution is -0.140. The molecule has 6 nitrogen and oxygen atoms in total. The van der Waals surface area contributed by atoms with Crippen LogP contribution in [-0.4, -0.2) is 33.5 Å². The monoisotopic (exact) mass is 380 g/mol. The topological polar surface area (TPSA) is 81.5 Å². The number of phenols is 1. The molecule has 3 rings (SSSR count). The summed E-state index contributed by atoms with van der Waals surface area (Å²) >= 11 is 0.973. The first kappa shape index (κ1) is 18.0. The molecule has 0 amide bonds. The Kier molecular flexibility index (Phi) is 5.27. The van der Waals surface area contributed by atoms with Crippen molar-refractivity contribution >= 4 is 28.7 Å². The first-order chi connectivity index (χ1) is 12.5. The summed E-state index contributed by atoms with van der Waals surface area (Å²) in [5.74, 6) is -1.30. The molecule has 0 bridgehead atoms. The summed E-state index contributed by atoms with van der Waals surface area (Å²) in [6.45, 7) is -2.97. The molecule has 0 saturated carbocycles. The van der Waals surface area contributed by atoms with Gasteiger partial charge in [0, 0.05) is 11.5 Å². The van der Waals surface area contributed by atoms with Crippen LogP contribution in [0.25, 0.3) is 11.0 Å². The maximum Gasteiger partial charge on any atom is 0.387 e. The van der Waals surface area contributed by atoms with Gasteiger partial charge in [-0.3, -0.25) is 4.79 Å². The van der Waals surface area contributed by atoms with Crippen LogP contribution in [0, 0.1) is 0 Å². The van der Waals surface area contributed by atoms with Crippen molar-refractivity contribution < 1.29 is 28.2 Å². The lowest BCUT2D eigenvalue weighted by Gasteiger charge is -2.19. The molecule has 1 aromatic heterocycles. The van der Waals surface area contributed by atoms with Crippen molar-refractivity contribution in [3.63, 3.8) is 0 Å². The second-order valence-electron chi connectivity index (χ2n) is 5.41.